The largest absolute Gasteiger partial charge is 0.355 e. The van der Waals surface area contributed by atoms with Crippen molar-refractivity contribution in [2.45, 2.75) is 51.5 Å². The van der Waals surface area contributed by atoms with Gasteiger partial charge in [-0.25, -0.2) is 4.98 Å². The first-order valence-electron chi connectivity index (χ1n) is 6.80. The first kappa shape index (κ1) is 12.3. The number of anilines is 1. The fraction of sp³-hybridized carbons (Fsp3) is 0.714. The molecule has 0 radical (unpaired) electrons. The topological polar surface area (TPSA) is 29.0 Å². The molecule has 17 heavy (non-hydrogen) atoms. The maximum atomic E-state index is 4.37. The molecule has 0 unspecified atom stereocenters. The minimum atomic E-state index is 0.653. The molecular formula is C14H23N3. The molecule has 0 spiro atoms. The van der Waals surface area contributed by atoms with Crippen molar-refractivity contribution in [2.75, 3.05) is 11.9 Å². The molecule has 94 valence electrons. The molecular weight excluding hydrogens is 210 g/mol. The highest BCUT2D eigenvalue weighted by Gasteiger charge is 2.24. The van der Waals surface area contributed by atoms with E-state index in [0.717, 1.165) is 11.7 Å². The first-order valence-corrected chi connectivity index (χ1v) is 6.80. The van der Waals surface area contributed by atoms with E-state index in [4.69, 9.17) is 0 Å². The summed E-state index contributed by atoms with van der Waals surface area (Å²) in [5.74, 6) is 1.97. The van der Waals surface area contributed by atoms with E-state index < -0.39 is 0 Å². The summed E-state index contributed by atoms with van der Waals surface area (Å²) in [7, 11) is 2.15. The van der Waals surface area contributed by atoms with Crippen molar-refractivity contribution in [1.82, 2.24) is 9.97 Å². The quantitative estimate of drug-likeness (QED) is 0.799. The number of hydrogen-bond acceptors (Lipinski definition) is 3. The summed E-state index contributed by atoms with van der Waals surface area (Å²) >= 11 is 0. The fourth-order valence-corrected chi connectivity index (χ4v) is 2.89. The lowest BCUT2D eigenvalue weighted by Crippen LogP contribution is -2.35. The number of hydrogen-bond donors (Lipinski definition) is 0. The standard InChI is InChI=1S/C14H23N3/c1-3-4-12-5-7-13(8-6-12)17(2)14-11-15-9-10-16-14/h9-13H,3-8H2,1-2H3. The summed E-state index contributed by atoms with van der Waals surface area (Å²) < 4.78 is 0. The monoisotopic (exact) mass is 233 g/mol. The zero-order valence-corrected chi connectivity index (χ0v) is 11.0. The summed E-state index contributed by atoms with van der Waals surface area (Å²) in [6.07, 6.45) is 13.5. The second-order valence-electron chi connectivity index (χ2n) is 5.14. The molecule has 1 heterocycles. The summed E-state index contributed by atoms with van der Waals surface area (Å²) in [4.78, 5) is 10.8. The molecule has 1 saturated carbocycles. The van der Waals surface area contributed by atoms with Crippen molar-refractivity contribution >= 4 is 5.82 Å². The maximum absolute atomic E-state index is 4.37. The molecule has 0 atom stereocenters. The van der Waals surface area contributed by atoms with Gasteiger partial charge in [-0.3, -0.25) is 4.98 Å². The van der Waals surface area contributed by atoms with Crippen molar-refractivity contribution in [3.63, 3.8) is 0 Å². The molecule has 0 saturated heterocycles. The third kappa shape index (κ3) is 3.18. The minimum absolute atomic E-state index is 0.653. The Hall–Kier alpha value is -1.12. The molecule has 3 heteroatoms. The van der Waals surface area contributed by atoms with Crippen LogP contribution in [0.5, 0.6) is 0 Å². The Kier molecular flexibility index (Phi) is 4.35. The van der Waals surface area contributed by atoms with Crippen LogP contribution in [0.15, 0.2) is 18.6 Å². The van der Waals surface area contributed by atoms with Gasteiger partial charge >= 0.3 is 0 Å². The number of aromatic nitrogens is 2. The van der Waals surface area contributed by atoms with Crippen LogP contribution < -0.4 is 4.90 Å². The smallest absolute Gasteiger partial charge is 0.147 e. The van der Waals surface area contributed by atoms with Gasteiger partial charge in [0, 0.05) is 25.5 Å². The third-order valence-electron chi connectivity index (χ3n) is 3.97. The molecule has 3 nitrogen and oxygen atoms in total. The molecule has 1 aromatic rings. The number of rotatable bonds is 4. The lowest BCUT2D eigenvalue weighted by Gasteiger charge is -2.35. The molecule has 1 aromatic heterocycles. The zero-order valence-electron chi connectivity index (χ0n) is 11.0. The van der Waals surface area contributed by atoms with Gasteiger partial charge in [0.2, 0.25) is 0 Å². The lowest BCUT2D eigenvalue weighted by atomic mass is 9.83. The van der Waals surface area contributed by atoms with Crippen LogP contribution in [0.3, 0.4) is 0 Å². The second kappa shape index (κ2) is 5.99. The molecule has 1 aliphatic rings. The van der Waals surface area contributed by atoms with Crippen LogP contribution in [0.4, 0.5) is 5.82 Å². The molecule has 2 rings (SSSR count). The average Bonchev–Trinajstić information content (AvgIpc) is 2.40. The number of nitrogens with zero attached hydrogens (tertiary/aromatic N) is 3. The molecule has 0 amide bonds. The van der Waals surface area contributed by atoms with Gasteiger partial charge in [-0.05, 0) is 31.6 Å². The van der Waals surface area contributed by atoms with Gasteiger partial charge in [0.05, 0.1) is 6.20 Å². The van der Waals surface area contributed by atoms with E-state index in [-0.39, 0.29) is 0 Å². The van der Waals surface area contributed by atoms with Crippen molar-refractivity contribution in [2.24, 2.45) is 5.92 Å². The Morgan fingerprint density at radius 3 is 2.59 bits per heavy atom. The second-order valence-corrected chi connectivity index (χ2v) is 5.14. The normalized spacial score (nSPS) is 24.6. The Balaban J connectivity index is 1.88. The van der Waals surface area contributed by atoms with Crippen LogP contribution >= 0.6 is 0 Å². The SMILES string of the molecule is CCCC1CCC(N(C)c2cnccn2)CC1. The van der Waals surface area contributed by atoms with Gasteiger partial charge in [-0.15, -0.1) is 0 Å². The average molecular weight is 233 g/mol. The van der Waals surface area contributed by atoms with Crippen LogP contribution in [0.1, 0.15) is 45.4 Å². The van der Waals surface area contributed by atoms with Crippen molar-refractivity contribution in [1.29, 1.82) is 0 Å². The summed E-state index contributed by atoms with van der Waals surface area (Å²) in [6, 6.07) is 0.653. The Morgan fingerprint density at radius 2 is 2.00 bits per heavy atom. The van der Waals surface area contributed by atoms with Gasteiger partial charge in [-0.1, -0.05) is 19.8 Å². The molecule has 1 aliphatic carbocycles. The van der Waals surface area contributed by atoms with Crippen molar-refractivity contribution in [3.05, 3.63) is 18.6 Å². The Labute approximate surface area is 104 Å². The van der Waals surface area contributed by atoms with Crippen LogP contribution in [0.25, 0.3) is 0 Å². The van der Waals surface area contributed by atoms with E-state index in [1.807, 2.05) is 6.20 Å². The molecule has 1 fully saturated rings. The summed E-state index contributed by atoms with van der Waals surface area (Å²) in [6.45, 7) is 2.29. The highest BCUT2D eigenvalue weighted by atomic mass is 15.2. The van der Waals surface area contributed by atoms with Gasteiger partial charge in [0.15, 0.2) is 0 Å². The van der Waals surface area contributed by atoms with E-state index in [1.165, 1.54) is 38.5 Å². The Morgan fingerprint density at radius 1 is 1.24 bits per heavy atom. The van der Waals surface area contributed by atoms with E-state index in [1.54, 1.807) is 12.4 Å². The van der Waals surface area contributed by atoms with Gasteiger partial charge < -0.3 is 4.90 Å². The lowest BCUT2D eigenvalue weighted by molar-refractivity contribution is 0.303. The highest BCUT2D eigenvalue weighted by molar-refractivity contribution is 5.35. The predicted molar refractivity (Wildman–Crippen MR) is 71.1 cm³/mol. The van der Waals surface area contributed by atoms with E-state index in [2.05, 4.69) is 28.8 Å². The predicted octanol–water partition coefficient (Wildman–Crippen LogP) is 3.27. The fourth-order valence-electron chi connectivity index (χ4n) is 2.89. The third-order valence-corrected chi connectivity index (χ3v) is 3.97. The van der Waals surface area contributed by atoms with Crippen molar-refractivity contribution in [3.8, 4) is 0 Å². The van der Waals surface area contributed by atoms with E-state index in [0.29, 0.717) is 6.04 Å². The van der Waals surface area contributed by atoms with Crippen LogP contribution in [-0.2, 0) is 0 Å². The van der Waals surface area contributed by atoms with Crippen LogP contribution in [-0.4, -0.2) is 23.1 Å². The van der Waals surface area contributed by atoms with Gasteiger partial charge in [0.25, 0.3) is 0 Å². The first-order chi connectivity index (χ1) is 8.31. The van der Waals surface area contributed by atoms with Crippen LogP contribution in [0.2, 0.25) is 0 Å². The minimum Gasteiger partial charge on any atom is -0.355 e. The molecule has 0 aromatic carbocycles. The highest BCUT2D eigenvalue weighted by Crippen LogP contribution is 2.31. The summed E-state index contributed by atoms with van der Waals surface area (Å²) in [5, 5.41) is 0. The van der Waals surface area contributed by atoms with Crippen LogP contribution in [0, 0.1) is 5.92 Å². The maximum Gasteiger partial charge on any atom is 0.147 e. The molecule has 0 bridgehead atoms. The molecule has 0 aliphatic heterocycles. The molecule has 0 N–H and O–H groups in total. The Bertz CT molecular complexity index is 317. The zero-order chi connectivity index (χ0) is 12.1. The summed E-state index contributed by atoms with van der Waals surface area (Å²) in [5.41, 5.74) is 0. The van der Waals surface area contributed by atoms with E-state index >= 15 is 0 Å². The van der Waals surface area contributed by atoms with Gasteiger partial charge in [0.1, 0.15) is 5.82 Å². The van der Waals surface area contributed by atoms with E-state index in [9.17, 15) is 0 Å². The van der Waals surface area contributed by atoms with Crippen molar-refractivity contribution < 1.29 is 0 Å². The van der Waals surface area contributed by atoms with Gasteiger partial charge in [-0.2, -0.15) is 0 Å².